The van der Waals surface area contributed by atoms with Crippen molar-refractivity contribution in [2.24, 2.45) is 5.41 Å². The van der Waals surface area contributed by atoms with Gasteiger partial charge in [0.1, 0.15) is 6.04 Å². The predicted molar refractivity (Wildman–Crippen MR) is 85.0 cm³/mol. The van der Waals surface area contributed by atoms with Gasteiger partial charge in [-0.1, -0.05) is 19.9 Å². The standard InChI is InChI=1S/C16H23N3O5/c1-4-5-19-14(23)11-10-17(6-7-18(11)15(19)24)12(20)8-16(2,3)9-13(21)22/h4,11H,1,5-10H2,2-3H3,(H,21,22). The predicted octanol–water partition coefficient (Wildman–Crippen LogP) is 0.538. The van der Waals surface area contributed by atoms with Crippen molar-refractivity contribution in [3.8, 4) is 0 Å². The number of carbonyl (C=O) groups is 4. The number of urea groups is 1. The number of carboxylic acid groups (broad SMARTS) is 1. The second-order valence-electron chi connectivity index (χ2n) is 6.98. The lowest BCUT2D eigenvalue weighted by Gasteiger charge is -2.36. The number of aliphatic carboxylic acids is 1. The SMILES string of the molecule is C=CCN1C(=O)C2CN(C(=O)CC(C)(C)CC(=O)O)CCN2C1=O. The fourth-order valence-electron chi connectivity index (χ4n) is 3.17. The fourth-order valence-corrected chi connectivity index (χ4v) is 3.17. The number of rotatable bonds is 6. The minimum absolute atomic E-state index is 0.0878. The molecule has 2 aliphatic heterocycles. The molecular formula is C16H23N3O5. The van der Waals surface area contributed by atoms with E-state index in [1.54, 1.807) is 18.7 Å². The number of piperazine rings is 1. The minimum Gasteiger partial charge on any atom is -0.481 e. The Balaban J connectivity index is 2.03. The third kappa shape index (κ3) is 3.58. The van der Waals surface area contributed by atoms with Crippen molar-refractivity contribution in [1.29, 1.82) is 0 Å². The molecule has 8 nitrogen and oxygen atoms in total. The van der Waals surface area contributed by atoms with Crippen molar-refractivity contribution in [2.75, 3.05) is 26.2 Å². The molecule has 2 rings (SSSR count). The topological polar surface area (TPSA) is 98.2 Å². The Bertz CT molecular complexity index is 586. The van der Waals surface area contributed by atoms with Crippen LogP contribution in [0.15, 0.2) is 12.7 Å². The summed E-state index contributed by atoms with van der Waals surface area (Å²) < 4.78 is 0. The van der Waals surface area contributed by atoms with Gasteiger partial charge < -0.3 is 14.9 Å². The zero-order valence-corrected chi connectivity index (χ0v) is 14.0. The monoisotopic (exact) mass is 337 g/mol. The van der Waals surface area contributed by atoms with E-state index < -0.39 is 17.4 Å². The van der Waals surface area contributed by atoms with Gasteiger partial charge in [-0.25, -0.2) is 4.79 Å². The summed E-state index contributed by atoms with van der Waals surface area (Å²) in [4.78, 5) is 52.0. The summed E-state index contributed by atoms with van der Waals surface area (Å²) in [6.07, 6.45) is 1.47. The molecule has 8 heteroatoms. The Morgan fingerprint density at radius 2 is 1.96 bits per heavy atom. The average molecular weight is 337 g/mol. The largest absolute Gasteiger partial charge is 0.481 e. The molecule has 0 radical (unpaired) electrons. The molecule has 1 unspecified atom stereocenters. The maximum atomic E-state index is 12.5. The van der Waals surface area contributed by atoms with Crippen LogP contribution in [0, 0.1) is 5.41 Å². The molecule has 0 aromatic carbocycles. The van der Waals surface area contributed by atoms with E-state index in [2.05, 4.69) is 6.58 Å². The first-order valence-corrected chi connectivity index (χ1v) is 7.89. The second-order valence-corrected chi connectivity index (χ2v) is 6.98. The lowest BCUT2D eigenvalue weighted by Crippen LogP contribution is -2.55. The van der Waals surface area contributed by atoms with E-state index in [0.717, 1.165) is 4.90 Å². The summed E-state index contributed by atoms with van der Waals surface area (Å²) in [7, 11) is 0. The maximum Gasteiger partial charge on any atom is 0.327 e. The van der Waals surface area contributed by atoms with Crippen molar-refractivity contribution in [2.45, 2.75) is 32.7 Å². The van der Waals surface area contributed by atoms with E-state index in [1.165, 1.54) is 11.0 Å². The number of amides is 4. The zero-order chi connectivity index (χ0) is 18.1. The third-order valence-corrected chi connectivity index (χ3v) is 4.33. The Hall–Kier alpha value is -2.38. The molecule has 0 bridgehead atoms. The first-order valence-electron chi connectivity index (χ1n) is 7.89. The van der Waals surface area contributed by atoms with Crippen LogP contribution in [0.5, 0.6) is 0 Å². The number of carboxylic acids is 1. The van der Waals surface area contributed by atoms with E-state index >= 15 is 0 Å². The van der Waals surface area contributed by atoms with Crippen LogP contribution < -0.4 is 0 Å². The van der Waals surface area contributed by atoms with Crippen LogP contribution in [-0.4, -0.2) is 75.8 Å². The first kappa shape index (κ1) is 18.0. The van der Waals surface area contributed by atoms with Gasteiger partial charge in [-0.15, -0.1) is 6.58 Å². The highest BCUT2D eigenvalue weighted by Crippen LogP contribution is 2.28. The highest BCUT2D eigenvalue weighted by molar-refractivity contribution is 6.05. The molecule has 2 saturated heterocycles. The number of hydrogen-bond acceptors (Lipinski definition) is 4. The van der Waals surface area contributed by atoms with Crippen LogP contribution in [0.3, 0.4) is 0 Å². The molecule has 1 N–H and O–H groups in total. The van der Waals surface area contributed by atoms with Gasteiger partial charge in [-0.3, -0.25) is 19.3 Å². The summed E-state index contributed by atoms with van der Waals surface area (Å²) in [5, 5.41) is 8.91. The number of fused-ring (bicyclic) bond motifs is 1. The average Bonchev–Trinajstić information content (AvgIpc) is 2.70. The van der Waals surface area contributed by atoms with Crippen LogP contribution in [-0.2, 0) is 14.4 Å². The normalized spacial score (nSPS) is 21.1. The zero-order valence-electron chi connectivity index (χ0n) is 14.0. The molecule has 2 aliphatic rings. The molecule has 0 saturated carbocycles. The summed E-state index contributed by atoms with van der Waals surface area (Å²) in [6, 6.07) is -0.999. The smallest absolute Gasteiger partial charge is 0.327 e. The third-order valence-electron chi connectivity index (χ3n) is 4.33. The summed E-state index contributed by atoms with van der Waals surface area (Å²) in [5.41, 5.74) is -0.662. The van der Waals surface area contributed by atoms with Crippen molar-refractivity contribution in [1.82, 2.24) is 14.7 Å². The number of imide groups is 1. The molecule has 24 heavy (non-hydrogen) atoms. The van der Waals surface area contributed by atoms with Gasteiger partial charge >= 0.3 is 12.0 Å². The second kappa shape index (κ2) is 6.62. The van der Waals surface area contributed by atoms with Gasteiger partial charge in [0.15, 0.2) is 0 Å². The van der Waals surface area contributed by atoms with Gasteiger partial charge in [0.05, 0.1) is 13.0 Å². The Morgan fingerprint density at radius 1 is 1.29 bits per heavy atom. The van der Waals surface area contributed by atoms with Gasteiger partial charge in [-0.05, 0) is 5.41 Å². The van der Waals surface area contributed by atoms with Gasteiger partial charge in [0.2, 0.25) is 5.91 Å². The van der Waals surface area contributed by atoms with E-state index in [9.17, 15) is 19.2 Å². The van der Waals surface area contributed by atoms with E-state index in [1.807, 2.05) is 0 Å². The van der Waals surface area contributed by atoms with Crippen LogP contribution in [0.2, 0.25) is 0 Å². The molecule has 132 valence electrons. The van der Waals surface area contributed by atoms with E-state index in [4.69, 9.17) is 5.11 Å². The molecule has 0 aromatic heterocycles. The summed E-state index contributed by atoms with van der Waals surface area (Å²) in [5.74, 6) is -1.46. The first-order chi connectivity index (χ1) is 11.2. The van der Waals surface area contributed by atoms with Crippen molar-refractivity contribution in [3.05, 3.63) is 12.7 Å². The maximum absolute atomic E-state index is 12.5. The van der Waals surface area contributed by atoms with Crippen LogP contribution >= 0.6 is 0 Å². The fraction of sp³-hybridized carbons (Fsp3) is 0.625. The van der Waals surface area contributed by atoms with Crippen LogP contribution in [0.4, 0.5) is 4.79 Å². The molecule has 0 aromatic rings. The number of nitrogens with zero attached hydrogens (tertiary/aromatic N) is 3. The molecular weight excluding hydrogens is 314 g/mol. The van der Waals surface area contributed by atoms with E-state index in [-0.39, 0.29) is 43.8 Å². The van der Waals surface area contributed by atoms with Gasteiger partial charge in [0.25, 0.3) is 5.91 Å². The van der Waals surface area contributed by atoms with Crippen molar-refractivity contribution >= 4 is 23.8 Å². The lowest BCUT2D eigenvalue weighted by atomic mass is 9.85. The summed E-state index contributed by atoms with van der Waals surface area (Å²) in [6.45, 7) is 7.95. The van der Waals surface area contributed by atoms with E-state index in [0.29, 0.717) is 13.1 Å². The molecule has 0 aliphatic carbocycles. The number of carbonyl (C=O) groups excluding carboxylic acids is 3. The molecule has 2 heterocycles. The Labute approximate surface area is 140 Å². The highest BCUT2D eigenvalue weighted by Gasteiger charge is 2.48. The van der Waals surface area contributed by atoms with Gasteiger partial charge in [0, 0.05) is 26.1 Å². The lowest BCUT2D eigenvalue weighted by molar-refractivity contribution is -0.141. The van der Waals surface area contributed by atoms with Crippen molar-refractivity contribution < 1.29 is 24.3 Å². The molecule has 2 fully saturated rings. The molecule has 0 spiro atoms. The van der Waals surface area contributed by atoms with Crippen LogP contribution in [0.25, 0.3) is 0 Å². The Kier molecular flexibility index (Phi) is 4.96. The highest BCUT2D eigenvalue weighted by atomic mass is 16.4. The van der Waals surface area contributed by atoms with Crippen molar-refractivity contribution in [3.63, 3.8) is 0 Å². The minimum atomic E-state index is -0.950. The molecule has 1 atom stereocenters. The van der Waals surface area contributed by atoms with Crippen LogP contribution in [0.1, 0.15) is 26.7 Å². The summed E-state index contributed by atoms with van der Waals surface area (Å²) >= 11 is 0. The Morgan fingerprint density at radius 3 is 2.54 bits per heavy atom. The quantitative estimate of drug-likeness (QED) is 0.563. The number of hydrogen-bond donors (Lipinski definition) is 1. The molecule has 4 amide bonds. The van der Waals surface area contributed by atoms with Gasteiger partial charge in [-0.2, -0.15) is 0 Å².